The van der Waals surface area contributed by atoms with Gasteiger partial charge in [-0.1, -0.05) is 0 Å². The summed E-state index contributed by atoms with van der Waals surface area (Å²) in [6, 6.07) is 7.00. The van der Waals surface area contributed by atoms with Crippen LogP contribution >= 0.6 is 11.8 Å². The number of rotatable bonds is 6. The third kappa shape index (κ3) is 2.86. The van der Waals surface area contributed by atoms with Crippen LogP contribution in [-0.4, -0.2) is 24.9 Å². The van der Waals surface area contributed by atoms with E-state index in [0.29, 0.717) is 11.3 Å². The third-order valence-corrected chi connectivity index (χ3v) is 4.06. The Morgan fingerprint density at radius 3 is 2.65 bits per heavy atom. The number of carbonyl (C=O) groups is 2. The van der Waals surface area contributed by atoms with E-state index < -0.39 is 11.7 Å². The zero-order valence-electron chi connectivity index (χ0n) is 11.4. The Bertz CT molecular complexity index is 587. The summed E-state index contributed by atoms with van der Waals surface area (Å²) in [5.74, 6) is -1.63. The van der Waals surface area contributed by atoms with Gasteiger partial charge in [0.05, 0.1) is 18.7 Å². The molecule has 1 atom stereocenters. The highest BCUT2D eigenvalue weighted by Gasteiger charge is 2.39. The Morgan fingerprint density at radius 1 is 1.45 bits per heavy atom. The van der Waals surface area contributed by atoms with Crippen molar-refractivity contribution in [2.45, 2.75) is 17.7 Å². The fourth-order valence-corrected chi connectivity index (χ4v) is 2.44. The maximum absolute atomic E-state index is 12.4. The summed E-state index contributed by atoms with van der Waals surface area (Å²) in [6.45, 7) is 0. The number of benzene rings is 1. The molecule has 0 saturated heterocycles. The van der Waals surface area contributed by atoms with Crippen molar-refractivity contribution in [1.29, 1.82) is 5.26 Å². The van der Waals surface area contributed by atoms with Crippen LogP contribution in [0.5, 0.6) is 5.75 Å². The van der Waals surface area contributed by atoms with E-state index in [2.05, 4.69) is 0 Å². The van der Waals surface area contributed by atoms with Gasteiger partial charge < -0.3 is 4.74 Å². The fraction of sp³-hybridized carbons (Fsp3) is 0.400. The van der Waals surface area contributed by atoms with Gasteiger partial charge in [-0.2, -0.15) is 5.26 Å². The molecular weight excluding hydrogens is 274 g/mol. The third-order valence-electron chi connectivity index (χ3n) is 3.33. The number of nitriles is 1. The molecule has 104 valence electrons. The predicted octanol–water partition coefficient (Wildman–Crippen LogP) is 2.72. The highest BCUT2D eigenvalue weighted by Crippen LogP contribution is 2.34. The van der Waals surface area contributed by atoms with E-state index in [1.165, 1.54) is 18.9 Å². The van der Waals surface area contributed by atoms with Gasteiger partial charge in [0.1, 0.15) is 5.75 Å². The number of carbonyl (C=O) groups excluding carboxylic acids is 2. The molecule has 2 rings (SSSR count). The molecule has 0 N–H and O–H groups in total. The van der Waals surface area contributed by atoms with Crippen LogP contribution in [-0.2, 0) is 4.79 Å². The molecule has 0 aliphatic heterocycles. The van der Waals surface area contributed by atoms with Gasteiger partial charge in [0.25, 0.3) is 0 Å². The largest absolute Gasteiger partial charge is 0.496 e. The minimum Gasteiger partial charge on any atom is -0.496 e. The van der Waals surface area contributed by atoms with Crippen molar-refractivity contribution >= 4 is 23.3 Å². The van der Waals surface area contributed by atoms with Gasteiger partial charge in [0.2, 0.25) is 0 Å². The summed E-state index contributed by atoms with van der Waals surface area (Å²) in [7, 11) is 1.47. The van der Waals surface area contributed by atoms with E-state index in [-0.39, 0.29) is 11.7 Å². The minimum absolute atomic E-state index is 0.111. The monoisotopic (exact) mass is 289 g/mol. The van der Waals surface area contributed by atoms with Gasteiger partial charge in [-0.05, 0) is 37.3 Å². The van der Waals surface area contributed by atoms with Crippen molar-refractivity contribution in [3.05, 3.63) is 23.8 Å². The molecule has 4 nitrogen and oxygen atoms in total. The SMILES string of the molecule is COc1cc(SC)ccc1C(=O)C(C#N)C(=O)C1CC1. The van der Waals surface area contributed by atoms with E-state index in [1.807, 2.05) is 12.3 Å². The zero-order chi connectivity index (χ0) is 14.7. The van der Waals surface area contributed by atoms with Crippen molar-refractivity contribution in [2.75, 3.05) is 13.4 Å². The predicted molar refractivity (Wildman–Crippen MR) is 75.9 cm³/mol. The highest BCUT2D eigenvalue weighted by molar-refractivity contribution is 7.98. The lowest BCUT2D eigenvalue weighted by molar-refractivity contribution is -0.121. The number of hydrogen-bond donors (Lipinski definition) is 0. The first-order chi connectivity index (χ1) is 9.62. The second-order valence-corrected chi connectivity index (χ2v) is 5.55. The quantitative estimate of drug-likeness (QED) is 0.457. The smallest absolute Gasteiger partial charge is 0.191 e. The van der Waals surface area contributed by atoms with Crippen molar-refractivity contribution in [3.63, 3.8) is 0 Å². The molecule has 1 aliphatic rings. The normalized spacial score (nSPS) is 15.2. The molecule has 1 aliphatic carbocycles. The van der Waals surface area contributed by atoms with E-state index in [9.17, 15) is 9.59 Å². The van der Waals surface area contributed by atoms with Crippen LogP contribution in [0.15, 0.2) is 23.1 Å². The van der Waals surface area contributed by atoms with Gasteiger partial charge in [-0.3, -0.25) is 9.59 Å². The van der Waals surface area contributed by atoms with Gasteiger partial charge >= 0.3 is 0 Å². The second kappa shape index (κ2) is 6.10. The fourth-order valence-electron chi connectivity index (χ4n) is 2.01. The lowest BCUT2D eigenvalue weighted by Crippen LogP contribution is -2.24. The number of nitrogens with zero attached hydrogens (tertiary/aromatic N) is 1. The van der Waals surface area contributed by atoms with Crippen LogP contribution in [0.25, 0.3) is 0 Å². The van der Waals surface area contributed by atoms with Crippen molar-refractivity contribution < 1.29 is 14.3 Å². The Balaban J connectivity index is 2.31. The Morgan fingerprint density at radius 2 is 2.15 bits per heavy atom. The first-order valence-electron chi connectivity index (χ1n) is 6.32. The van der Waals surface area contributed by atoms with Crippen LogP contribution in [0.4, 0.5) is 0 Å². The van der Waals surface area contributed by atoms with E-state index in [0.717, 1.165) is 17.7 Å². The van der Waals surface area contributed by atoms with Crippen molar-refractivity contribution in [1.82, 2.24) is 0 Å². The molecule has 0 radical (unpaired) electrons. The molecule has 0 spiro atoms. The number of thioether (sulfide) groups is 1. The molecule has 1 aromatic rings. The number of ketones is 2. The summed E-state index contributed by atoms with van der Waals surface area (Å²) in [4.78, 5) is 25.3. The highest BCUT2D eigenvalue weighted by atomic mass is 32.2. The standard InChI is InChI=1S/C15H15NO3S/c1-19-13-7-10(20-2)5-6-11(13)15(18)12(8-16)14(17)9-3-4-9/h5-7,9,12H,3-4H2,1-2H3. The van der Waals surface area contributed by atoms with Crippen LogP contribution in [0.3, 0.4) is 0 Å². The van der Waals surface area contributed by atoms with Gasteiger partial charge in [0, 0.05) is 10.8 Å². The average Bonchev–Trinajstić information content (AvgIpc) is 3.31. The van der Waals surface area contributed by atoms with Gasteiger partial charge in [-0.15, -0.1) is 11.8 Å². The molecular formula is C15H15NO3S. The molecule has 1 aromatic carbocycles. The van der Waals surface area contributed by atoms with Gasteiger partial charge in [0.15, 0.2) is 17.5 Å². The van der Waals surface area contributed by atoms with Crippen LogP contribution in [0, 0.1) is 23.2 Å². The molecule has 0 aromatic heterocycles. The number of ether oxygens (including phenoxy) is 1. The number of methoxy groups -OCH3 is 1. The maximum atomic E-state index is 12.4. The van der Waals surface area contributed by atoms with Crippen LogP contribution < -0.4 is 4.74 Å². The van der Waals surface area contributed by atoms with Crippen molar-refractivity contribution in [3.8, 4) is 11.8 Å². The van der Waals surface area contributed by atoms with E-state index in [4.69, 9.17) is 10.00 Å². The molecule has 1 saturated carbocycles. The average molecular weight is 289 g/mol. The molecule has 0 heterocycles. The Labute approximate surface area is 122 Å². The summed E-state index contributed by atoms with van der Waals surface area (Å²) in [6.07, 6.45) is 3.49. The maximum Gasteiger partial charge on any atom is 0.191 e. The lowest BCUT2D eigenvalue weighted by Gasteiger charge is -2.11. The topological polar surface area (TPSA) is 67.2 Å². The van der Waals surface area contributed by atoms with E-state index in [1.54, 1.807) is 18.2 Å². The Kier molecular flexibility index (Phi) is 4.46. The van der Waals surface area contributed by atoms with Crippen LogP contribution in [0.1, 0.15) is 23.2 Å². The molecule has 0 bridgehead atoms. The summed E-state index contributed by atoms with van der Waals surface area (Å²) in [5, 5.41) is 9.13. The van der Waals surface area contributed by atoms with Gasteiger partial charge in [-0.25, -0.2) is 0 Å². The molecule has 0 amide bonds. The number of hydrogen-bond acceptors (Lipinski definition) is 5. The zero-order valence-corrected chi connectivity index (χ0v) is 12.2. The first kappa shape index (κ1) is 14.6. The summed E-state index contributed by atoms with van der Waals surface area (Å²) < 4.78 is 5.20. The molecule has 5 heteroatoms. The lowest BCUT2D eigenvalue weighted by atomic mass is 9.92. The van der Waals surface area contributed by atoms with Crippen molar-refractivity contribution in [2.24, 2.45) is 11.8 Å². The first-order valence-corrected chi connectivity index (χ1v) is 7.54. The molecule has 20 heavy (non-hydrogen) atoms. The van der Waals surface area contributed by atoms with E-state index >= 15 is 0 Å². The number of Topliss-reactive ketones (excluding diaryl/α,β-unsaturated/α-hetero) is 2. The molecule has 1 fully saturated rings. The Hall–Kier alpha value is -1.80. The molecule has 1 unspecified atom stereocenters. The summed E-state index contributed by atoms with van der Waals surface area (Å²) >= 11 is 1.53. The second-order valence-electron chi connectivity index (χ2n) is 4.67. The summed E-state index contributed by atoms with van der Waals surface area (Å²) in [5.41, 5.74) is 0.297. The van der Waals surface area contributed by atoms with Crippen LogP contribution in [0.2, 0.25) is 0 Å². The minimum atomic E-state index is -1.21.